The number of methoxy groups -OCH3 is 1. The number of ether oxygens (including phenoxy) is 2. The zero-order valence-corrected chi connectivity index (χ0v) is 17.4. The molecule has 0 spiro atoms. The minimum absolute atomic E-state index is 0.146. The summed E-state index contributed by atoms with van der Waals surface area (Å²) in [6, 6.07) is 1.98. The Kier molecular flexibility index (Phi) is 6.76. The lowest BCUT2D eigenvalue weighted by molar-refractivity contribution is 0.0528. The molecule has 0 aliphatic carbocycles. The molecule has 1 amide bonds. The third-order valence-corrected chi connectivity index (χ3v) is 4.75. The highest BCUT2D eigenvalue weighted by Gasteiger charge is 2.21. The minimum atomic E-state index is -0.572. The maximum atomic E-state index is 11.9. The summed E-state index contributed by atoms with van der Waals surface area (Å²) >= 11 is 4.99. The normalized spacial score (nSPS) is 11.3. The smallest absolute Gasteiger partial charge is 0.407 e. The summed E-state index contributed by atoms with van der Waals surface area (Å²) in [7, 11) is 1.29. The Labute approximate surface area is 164 Å². The third-order valence-electron chi connectivity index (χ3n) is 3.20. The predicted octanol–water partition coefficient (Wildman–Crippen LogP) is 3.00. The molecule has 2 heterocycles. The van der Waals surface area contributed by atoms with E-state index in [1.807, 2.05) is 11.4 Å². The van der Waals surface area contributed by atoms with Crippen LogP contribution in [0.1, 0.15) is 42.5 Å². The van der Waals surface area contributed by atoms with Crippen LogP contribution >= 0.6 is 27.3 Å². The molecule has 2 aromatic rings. The molecule has 2 rings (SSSR count). The SMILES string of the molecule is COC(=O)c1nnn(Cc2csc(Br)c2)c1CCNC(=O)OC(C)(C)C. The summed E-state index contributed by atoms with van der Waals surface area (Å²) in [5.74, 6) is -0.560. The number of carbonyl (C=O) groups is 2. The van der Waals surface area contributed by atoms with E-state index in [0.717, 1.165) is 9.35 Å². The van der Waals surface area contributed by atoms with E-state index < -0.39 is 17.7 Å². The van der Waals surface area contributed by atoms with Crippen LogP contribution in [-0.2, 0) is 22.4 Å². The Morgan fingerprint density at radius 3 is 2.69 bits per heavy atom. The molecule has 2 aromatic heterocycles. The van der Waals surface area contributed by atoms with Gasteiger partial charge in [-0.25, -0.2) is 14.3 Å². The summed E-state index contributed by atoms with van der Waals surface area (Å²) in [5, 5.41) is 12.7. The number of nitrogens with one attached hydrogen (secondary N) is 1. The fraction of sp³-hybridized carbons (Fsp3) is 0.500. The highest BCUT2D eigenvalue weighted by atomic mass is 79.9. The molecular weight excluding hydrogens is 424 g/mol. The van der Waals surface area contributed by atoms with E-state index in [0.29, 0.717) is 18.7 Å². The third kappa shape index (κ3) is 5.80. The van der Waals surface area contributed by atoms with Gasteiger partial charge in [-0.05, 0) is 53.7 Å². The lowest BCUT2D eigenvalue weighted by Gasteiger charge is -2.19. The van der Waals surface area contributed by atoms with Gasteiger partial charge in [0.25, 0.3) is 0 Å². The second-order valence-corrected chi connectivity index (χ2v) is 8.76. The van der Waals surface area contributed by atoms with Crippen molar-refractivity contribution in [3.8, 4) is 0 Å². The van der Waals surface area contributed by atoms with Crippen LogP contribution in [0.5, 0.6) is 0 Å². The maximum Gasteiger partial charge on any atom is 0.407 e. The highest BCUT2D eigenvalue weighted by molar-refractivity contribution is 9.11. The fourth-order valence-electron chi connectivity index (χ4n) is 2.16. The van der Waals surface area contributed by atoms with E-state index in [-0.39, 0.29) is 12.2 Å². The quantitative estimate of drug-likeness (QED) is 0.687. The van der Waals surface area contributed by atoms with Crippen molar-refractivity contribution in [2.24, 2.45) is 0 Å². The maximum absolute atomic E-state index is 11.9. The van der Waals surface area contributed by atoms with Crippen molar-refractivity contribution >= 4 is 39.3 Å². The molecule has 0 unspecified atom stereocenters. The van der Waals surface area contributed by atoms with Crippen molar-refractivity contribution in [3.63, 3.8) is 0 Å². The molecule has 0 aromatic carbocycles. The van der Waals surface area contributed by atoms with Gasteiger partial charge in [-0.1, -0.05) is 5.21 Å². The van der Waals surface area contributed by atoms with Crippen LogP contribution in [0.25, 0.3) is 0 Å². The Balaban J connectivity index is 2.09. The number of rotatable bonds is 6. The van der Waals surface area contributed by atoms with Gasteiger partial charge in [-0.3, -0.25) is 0 Å². The number of halogens is 1. The first-order chi connectivity index (χ1) is 12.2. The van der Waals surface area contributed by atoms with Gasteiger partial charge in [0.05, 0.1) is 23.1 Å². The molecule has 0 radical (unpaired) electrons. The van der Waals surface area contributed by atoms with Crippen LogP contribution in [-0.4, -0.2) is 46.3 Å². The van der Waals surface area contributed by atoms with Crippen molar-refractivity contribution < 1.29 is 19.1 Å². The van der Waals surface area contributed by atoms with Crippen molar-refractivity contribution in [2.45, 2.75) is 39.3 Å². The van der Waals surface area contributed by atoms with E-state index in [1.165, 1.54) is 7.11 Å². The zero-order chi connectivity index (χ0) is 19.3. The second-order valence-electron chi connectivity index (χ2n) is 6.47. The average molecular weight is 445 g/mol. The number of amides is 1. The Morgan fingerprint density at radius 2 is 2.12 bits per heavy atom. The van der Waals surface area contributed by atoms with Gasteiger partial charge in [0, 0.05) is 13.0 Å². The molecule has 0 saturated heterocycles. The van der Waals surface area contributed by atoms with Crippen LogP contribution in [0.15, 0.2) is 15.2 Å². The average Bonchev–Trinajstić information content (AvgIpc) is 3.12. The molecule has 142 valence electrons. The topological polar surface area (TPSA) is 95.3 Å². The monoisotopic (exact) mass is 444 g/mol. The van der Waals surface area contributed by atoms with E-state index in [1.54, 1.807) is 36.8 Å². The largest absolute Gasteiger partial charge is 0.464 e. The molecule has 10 heteroatoms. The molecular formula is C16H21BrN4O4S. The molecule has 0 bridgehead atoms. The fourth-order valence-corrected chi connectivity index (χ4v) is 3.36. The number of esters is 1. The number of alkyl carbamates (subject to hydrolysis) is 1. The van der Waals surface area contributed by atoms with Gasteiger partial charge >= 0.3 is 12.1 Å². The van der Waals surface area contributed by atoms with Gasteiger partial charge in [0.15, 0.2) is 5.69 Å². The first kappa shape index (κ1) is 20.4. The van der Waals surface area contributed by atoms with Crippen molar-refractivity contribution in [3.05, 3.63) is 32.2 Å². The van der Waals surface area contributed by atoms with Crippen molar-refractivity contribution in [1.29, 1.82) is 0 Å². The molecule has 8 nitrogen and oxygen atoms in total. The molecule has 0 aliphatic heterocycles. The molecule has 0 atom stereocenters. The summed E-state index contributed by atoms with van der Waals surface area (Å²) in [5.41, 5.74) is 1.20. The van der Waals surface area contributed by atoms with Gasteiger partial charge in [0.2, 0.25) is 0 Å². The van der Waals surface area contributed by atoms with Gasteiger partial charge in [-0.2, -0.15) is 0 Å². The van der Waals surface area contributed by atoms with E-state index in [4.69, 9.17) is 9.47 Å². The van der Waals surface area contributed by atoms with E-state index in [2.05, 4.69) is 31.6 Å². The Bertz CT molecular complexity index is 782. The Morgan fingerprint density at radius 1 is 1.38 bits per heavy atom. The predicted molar refractivity (Wildman–Crippen MR) is 100 cm³/mol. The first-order valence-corrected chi connectivity index (χ1v) is 9.57. The van der Waals surface area contributed by atoms with Crippen molar-refractivity contribution in [1.82, 2.24) is 20.3 Å². The lowest BCUT2D eigenvalue weighted by atomic mass is 10.2. The molecule has 1 N–H and O–H groups in total. The molecule has 26 heavy (non-hydrogen) atoms. The first-order valence-electron chi connectivity index (χ1n) is 7.90. The van der Waals surface area contributed by atoms with Crippen LogP contribution in [0.3, 0.4) is 0 Å². The van der Waals surface area contributed by atoms with E-state index in [9.17, 15) is 9.59 Å². The molecule has 0 saturated carbocycles. The highest BCUT2D eigenvalue weighted by Crippen LogP contribution is 2.22. The number of nitrogens with zero attached hydrogens (tertiary/aromatic N) is 3. The van der Waals surface area contributed by atoms with Gasteiger partial charge in [-0.15, -0.1) is 16.4 Å². The number of aromatic nitrogens is 3. The summed E-state index contributed by atoms with van der Waals surface area (Å²) in [4.78, 5) is 23.7. The van der Waals surface area contributed by atoms with Crippen LogP contribution in [0.4, 0.5) is 4.79 Å². The van der Waals surface area contributed by atoms with Crippen LogP contribution < -0.4 is 5.32 Å². The van der Waals surface area contributed by atoms with Gasteiger partial charge in [0.1, 0.15) is 5.60 Å². The summed E-state index contributed by atoms with van der Waals surface area (Å²) in [6.45, 7) is 6.12. The summed E-state index contributed by atoms with van der Waals surface area (Å²) in [6.07, 6.45) is -0.153. The van der Waals surface area contributed by atoms with Gasteiger partial charge < -0.3 is 14.8 Å². The minimum Gasteiger partial charge on any atom is -0.464 e. The second kappa shape index (κ2) is 8.63. The number of hydrogen-bond acceptors (Lipinski definition) is 7. The van der Waals surface area contributed by atoms with E-state index >= 15 is 0 Å². The number of hydrogen-bond donors (Lipinski definition) is 1. The number of carbonyl (C=O) groups excluding carboxylic acids is 2. The van der Waals surface area contributed by atoms with Crippen LogP contribution in [0.2, 0.25) is 0 Å². The molecule has 0 fully saturated rings. The van der Waals surface area contributed by atoms with Crippen LogP contribution in [0, 0.1) is 0 Å². The lowest BCUT2D eigenvalue weighted by Crippen LogP contribution is -2.34. The zero-order valence-electron chi connectivity index (χ0n) is 15.0. The number of thiophene rings is 1. The van der Waals surface area contributed by atoms with Crippen molar-refractivity contribution in [2.75, 3.05) is 13.7 Å². The molecule has 0 aliphatic rings. The summed E-state index contributed by atoms with van der Waals surface area (Å²) < 4.78 is 12.6. The standard InChI is InChI=1S/C16H21BrN4O4S/c1-16(2,3)25-15(23)18-6-5-11-13(14(22)24-4)19-20-21(11)8-10-7-12(17)26-9-10/h7,9H,5-6,8H2,1-4H3,(H,18,23). The Hall–Kier alpha value is -1.94.